The highest BCUT2D eigenvalue weighted by atomic mass is 16.5. The van der Waals surface area contributed by atoms with Gasteiger partial charge in [0.2, 0.25) is 0 Å². The number of aliphatic hydroxyl groups excluding tert-OH is 1. The van der Waals surface area contributed by atoms with E-state index in [1.54, 1.807) is 0 Å². The van der Waals surface area contributed by atoms with Crippen molar-refractivity contribution in [2.45, 2.75) is 46.0 Å². The maximum Gasteiger partial charge on any atom is 0.0487 e. The quantitative estimate of drug-likeness (QED) is 0.706. The molecule has 2 nitrogen and oxygen atoms in total. The summed E-state index contributed by atoms with van der Waals surface area (Å²) in [6.07, 6.45) is 6.33. The summed E-state index contributed by atoms with van der Waals surface area (Å²) >= 11 is 0. The molecule has 94 valence electrons. The van der Waals surface area contributed by atoms with Crippen molar-refractivity contribution >= 4 is 0 Å². The average Bonchev–Trinajstić information content (AvgIpc) is 2.29. The maximum absolute atomic E-state index is 8.65. The minimum atomic E-state index is 0.251. The fourth-order valence-corrected chi connectivity index (χ4v) is 3.81. The van der Waals surface area contributed by atoms with E-state index < -0.39 is 0 Å². The van der Waals surface area contributed by atoms with Crippen molar-refractivity contribution in [3.05, 3.63) is 0 Å². The van der Waals surface area contributed by atoms with Gasteiger partial charge in [-0.05, 0) is 55.3 Å². The van der Waals surface area contributed by atoms with Gasteiger partial charge in [-0.25, -0.2) is 0 Å². The zero-order chi connectivity index (χ0) is 11.6. The van der Waals surface area contributed by atoms with Gasteiger partial charge in [0.15, 0.2) is 0 Å². The molecule has 3 fully saturated rings. The lowest BCUT2D eigenvalue weighted by molar-refractivity contribution is -0.111. The van der Waals surface area contributed by atoms with Crippen LogP contribution < -0.4 is 0 Å². The van der Waals surface area contributed by atoms with Crippen LogP contribution in [0.15, 0.2) is 0 Å². The zero-order valence-electron chi connectivity index (χ0n) is 10.7. The lowest BCUT2D eigenvalue weighted by Crippen LogP contribution is -2.52. The number of hydrogen-bond donors (Lipinski definition) is 1. The summed E-state index contributed by atoms with van der Waals surface area (Å²) in [4.78, 5) is 0. The second kappa shape index (κ2) is 5.05. The Kier molecular flexibility index (Phi) is 3.91. The monoisotopic (exact) mass is 226 g/mol. The number of ether oxygens (including phenoxy) is 1. The van der Waals surface area contributed by atoms with Crippen LogP contribution in [-0.2, 0) is 4.74 Å². The molecule has 0 aromatic carbocycles. The van der Waals surface area contributed by atoms with E-state index in [0.29, 0.717) is 5.41 Å². The van der Waals surface area contributed by atoms with Crippen molar-refractivity contribution in [3.8, 4) is 0 Å². The lowest BCUT2D eigenvalue weighted by atomic mass is 9.45. The van der Waals surface area contributed by atoms with Crippen LogP contribution in [0.5, 0.6) is 0 Å². The Labute approximate surface area is 99.4 Å². The first kappa shape index (κ1) is 12.4. The molecule has 0 amide bonds. The summed E-state index contributed by atoms with van der Waals surface area (Å²) in [6.45, 7) is 6.76. The third-order valence-corrected chi connectivity index (χ3v) is 5.08. The van der Waals surface area contributed by atoms with E-state index >= 15 is 0 Å². The summed E-state index contributed by atoms with van der Waals surface area (Å²) < 4.78 is 5.55. The number of aliphatic hydroxyl groups is 1. The van der Waals surface area contributed by atoms with E-state index in [1.807, 2.05) is 0 Å². The third kappa shape index (κ3) is 2.28. The molecule has 16 heavy (non-hydrogen) atoms. The second-order valence-corrected chi connectivity index (χ2v) is 6.18. The molecule has 0 radical (unpaired) electrons. The Morgan fingerprint density at radius 3 is 2.69 bits per heavy atom. The van der Waals surface area contributed by atoms with Crippen LogP contribution >= 0.6 is 0 Å². The highest BCUT2D eigenvalue weighted by Gasteiger charge is 2.53. The van der Waals surface area contributed by atoms with E-state index in [0.717, 1.165) is 37.4 Å². The summed E-state index contributed by atoms with van der Waals surface area (Å²) in [5.74, 6) is 2.85. The van der Waals surface area contributed by atoms with Gasteiger partial charge in [-0.15, -0.1) is 0 Å². The Morgan fingerprint density at radius 1 is 1.25 bits per heavy atom. The standard InChI is InChI=1S/C14H26O2/c1-14(2)12-5-4-11(13(14)10-12)6-9-16-8-3-7-15/h11-13,15H,3-10H2,1-2H3/t11-,12-,13+/m0/s1. The number of rotatable bonds is 6. The fraction of sp³-hybridized carbons (Fsp3) is 1.00. The van der Waals surface area contributed by atoms with Gasteiger partial charge in [-0.2, -0.15) is 0 Å². The summed E-state index contributed by atoms with van der Waals surface area (Å²) in [5, 5.41) is 8.65. The van der Waals surface area contributed by atoms with Gasteiger partial charge in [-0.1, -0.05) is 13.8 Å². The Bertz CT molecular complexity index is 223. The molecule has 0 unspecified atom stereocenters. The van der Waals surface area contributed by atoms with Crippen LogP contribution in [0.3, 0.4) is 0 Å². The van der Waals surface area contributed by atoms with Crippen molar-refractivity contribution in [2.75, 3.05) is 19.8 Å². The van der Waals surface area contributed by atoms with Gasteiger partial charge in [0.05, 0.1) is 0 Å². The van der Waals surface area contributed by atoms with Gasteiger partial charge in [0.25, 0.3) is 0 Å². The third-order valence-electron chi connectivity index (χ3n) is 5.08. The molecule has 2 heteroatoms. The normalized spacial score (nSPS) is 35.8. The van der Waals surface area contributed by atoms with Crippen LogP contribution in [-0.4, -0.2) is 24.9 Å². The first-order valence-electron chi connectivity index (χ1n) is 6.85. The summed E-state index contributed by atoms with van der Waals surface area (Å²) in [7, 11) is 0. The molecular formula is C14H26O2. The summed E-state index contributed by atoms with van der Waals surface area (Å²) in [5.41, 5.74) is 0.605. The molecule has 1 N–H and O–H groups in total. The van der Waals surface area contributed by atoms with Crippen molar-refractivity contribution in [1.29, 1.82) is 0 Å². The van der Waals surface area contributed by atoms with Crippen molar-refractivity contribution in [2.24, 2.45) is 23.2 Å². The van der Waals surface area contributed by atoms with Crippen LogP contribution in [0.4, 0.5) is 0 Å². The van der Waals surface area contributed by atoms with Crippen LogP contribution in [0, 0.1) is 23.2 Å². The molecule has 0 aliphatic heterocycles. The van der Waals surface area contributed by atoms with Crippen molar-refractivity contribution < 1.29 is 9.84 Å². The molecule has 0 spiro atoms. The topological polar surface area (TPSA) is 29.5 Å². The largest absolute Gasteiger partial charge is 0.396 e. The first-order valence-corrected chi connectivity index (χ1v) is 6.85. The van der Waals surface area contributed by atoms with E-state index in [-0.39, 0.29) is 6.61 Å². The average molecular weight is 226 g/mol. The highest BCUT2D eigenvalue weighted by Crippen LogP contribution is 2.61. The molecule has 0 heterocycles. The minimum absolute atomic E-state index is 0.251. The zero-order valence-corrected chi connectivity index (χ0v) is 10.7. The molecule has 0 saturated heterocycles. The number of hydrogen-bond acceptors (Lipinski definition) is 2. The van der Waals surface area contributed by atoms with E-state index in [1.165, 1.54) is 25.7 Å². The lowest BCUT2D eigenvalue weighted by Gasteiger charge is -2.60. The maximum atomic E-state index is 8.65. The smallest absolute Gasteiger partial charge is 0.0487 e. The van der Waals surface area contributed by atoms with Gasteiger partial charge >= 0.3 is 0 Å². The molecule has 0 aromatic heterocycles. The molecule has 3 aliphatic carbocycles. The second-order valence-electron chi connectivity index (χ2n) is 6.18. The van der Waals surface area contributed by atoms with E-state index in [2.05, 4.69) is 13.8 Å². The first-order chi connectivity index (χ1) is 7.66. The van der Waals surface area contributed by atoms with E-state index in [9.17, 15) is 0 Å². The Hall–Kier alpha value is -0.0800. The number of fused-ring (bicyclic) bond motifs is 2. The predicted octanol–water partition coefficient (Wildman–Crippen LogP) is 2.85. The highest BCUT2D eigenvalue weighted by molar-refractivity contribution is 5.02. The Morgan fingerprint density at radius 2 is 2.06 bits per heavy atom. The molecule has 3 saturated carbocycles. The van der Waals surface area contributed by atoms with Gasteiger partial charge in [-0.3, -0.25) is 0 Å². The van der Waals surface area contributed by atoms with Gasteiger partial charge in [0.1, 0.15) is 0 Å². The van der Waals surface area contributed by atoms with Crippen molar-refractivity contribution in [3.63, 3.8) is 0 Å². The predicted molar refractivity (Wildman–Crippen MR) is 65.2 cm³/mol. The van der Waals surface area contributed by atoms with Crippen LogP contribution in [0.1, 0.15) is 46.0 Å². The molecule has 3 rings (SSSR count). The SMILES string of the molecule is CC1(C)[C@H]2CC[C@@H](CCOCCCO)[C@H]1C2. The molecule has 3 aliphatic rings. The minimum Gasteiger partial charge on any atom is -0.396 e. The molecule has 0 aromatic rings. The van der Waals surface area contributed by atoms with Crippen LogP contribution in [0.25, 0.3) is 0 Å². The van der Waals surface area contributed by atoms with Crippen molar-refractivity contribution in [1.82, 2.24) is 0 Å². The van der Waals surface area contributed by atoms with Gasteiger partial charge < -0.3 is 9.84 Å². The fourth-order valence-electron chi connectivity index (χ4n) is 3.81. The molecule has 3 atom stereocenters. The molecule has 2 bridgehead atoms. The van der Waals surface area contributed by atoms with Gasteiger partial charge in [0, 0.05) is 19.8 Å². The van der Waals surface area contributed by atoms with Crippen LogP contribution in [0.2, 0.25) is 0 Å². The molecular weight excluding hydrogens is 200 g/mol. The summed E-state index contributed by atoms with van der Waals surface area (Å²) in [6, 6.07) is 0. The van der Waals surface area contributed by atoms with E-state index in [4.69, 9.17) is 9.84 Å². The Balaban J connectivity index is 1.66.